The Morgan fingerprint density at radius 3 is 2.74 bits per heavy atom. The van der Waals surface area contributed by atoms with E-state index in [1.54, 1.807) is 0 Å². The molecule has 0 saturated heterocycles. The second-order valence-corrected chi connectivity index (χ2v) is 5.97. The van der Waals surface area contributed by atoms with Gasteiger partial charge in [0, 0.05) is 11.6 Å². The molecule has 3 nitrogen and oxygen atoms in total. The van der Waals surface area contributed by atoms with Crippen molar-refractivity contribution in [1.29, 1.82) is 0 Å². The number of hydrogen-bond acceptors (Lipinski definition) is 4. The van der Waals surface area contributed by atoms with E-state index in [9.17, 15) is 9.59 Å². The highest BCUT2D eigenvalue weighted by Crippen LogP contribution is 2.46. The van der Waals surface area contributed by atoms with Gasteiger partial charge in [-0.05, 0) is 11.5 Å². The van der Waals surface area contributed by atoms with Gasteiger partial charge in [-0.1, -0.05) is 23.7 Å². The first-order valence-electron chi connectivity index (χ1n) is 5.99. The number of fused-ring (bicyclic) bond motifs is 1. The number of carbonyl (C=O) groups excluding carboxylic acids is 2. The van der Waals surface area contributed by atoms with E-state index >= 15 is 0 Å². The van der Waals surface area contributed by atoms with E-state index in [2.05, 4.69) is 0 Å². The van der Waals surface area contributed by atoms with E-state index in [1.165, 1.54) is 18.3 Å². The van der Waals surface area contributed by atoms with Gasteiger partial charge in [0.05, 0.1) is 17.7 Å². The summed E-state index contributed by atoms with van der Waals surface area (Å²) >= 11 is 1.53. The SMILES string of the molecule is [B]c1ccc2cc(C3(OC(C)=O)CC(=O)C3)sc2c1. The van der Waals surface area contributed by atoms with Crippen LogP contribution in [0.15, 0.2) is 24.3 Å². The van der Waals surface area contributed by atoms with Crippen molar-refractivity contribution in [1.82, 2.24) is 0 Å². The Hall–Kier alpha value is -1.62. The molecule has 0 unspecified atom stereocenters. The van der Waals surface area contributed by atoms with Gasteiger partial charge in [-0.3, -0.25) is 9.59 Å². The minimum atomic E-state index is -0.749. The van der Waals surface area contributed by atoms with E-state index in [1.807, 2.05) is 24.3 Å². The molecule has 94 valence electrons. The summed E-state index contributed by atoms with van der Waals surface area (Å²) in [5.41, 5.74) is -0.0476. The van der Waals surface area contributed by atoms with E-state index in [0.717, 1.165) is 15.0 Å². The molecule has 1 aromatic heterocycles. The summed E-state index contributed by atoms with van der Waals surface area (Å²) in [4.78, 5) is 23.5. The average Bonchev–Trinajstić information content (AvgIpc) is 2.68. The van der Waals surface area contributed by atoms with Gasteiger partial charge in [0.2, 0.25) is 0 Å². The Morgan fingerprint density at radius 1 is 1.37 bits per heavy atom. The number of thiophene rings is 1. The lowest BCUT2D eigenvalue weighted by Gasteiger charge is -2.38. The summed E-state index contributed by atoms with van der Waals surface area (Å²) < 4.78 is 6.45. The molecular formula is C14H11BO3S. The second kappa shape index (κ2) is 4.20. The Bertz CT molecular complexity index is 681. The van der Waals surface area contributed by atoms with Gasteiger partial charge in [0.15, 0.2) is 5.60 Å². The molecule has 2 radical (unpaired) electrons. The van der Waals surface area contributed by atoms with Crippen molar-refractivity contribution in [2.45, 2.75) is 25.4 Å². The van der Waals surface area contributed by atoms with E-state index < -0.39 is 5.60 Å². The second-order valence-electron chi connectivity index (χ2n) is 4.89. The Labute approximate surface area is 116 Å². The zero-order chi connectivity index (χ0) is 13.6. The predicted molar refractivity (Wildman–Crippen MR) is 74.9 cm³/mol. The number of benzene rings is 1. The Balaban J connectivity index is 2.05. The van der Waals surface area contributed by atoms with Crippen LogP contribution in [-0.4, -0.2) is 19.6 Å². The lowest BCUT2D eigenvalue weighted by molar-refractivity contribution is -0.172. The Morgan fingerprint density at radius 2 is 2.11 bits per heavy atom. The zero-order valence-electron chi connectivity index (χ0n) is 10.4. The lowest BCUT2D eigenvalue weighted by atomic mass is 9.77. The fraction of sp³-hybridized carbons (Fsp3) is 0.286. The van der Waals surface area contributed by atoms with Crippen LogP contribution in [0.3, 0.4) is 0 Å². The molecule has 1 aromatic carbocycles. The molecule has 0 bridgehead atoms. The molecule has 0 spiro atoms. The van der Waals surface area contributed by atoms with Gasteiger partial charge in [0.25, 0.3) is 0 Å². The van der Waals surface area contributed by atoms with Crippen LogP contribution in [0, 0.1) is 0 Å². The minimum Gasteiger partial charge on any atom is -0.453 e. The van der Waals surface area contributed by atoms with Crippen LogP contribution in [0.5, 0.6) is 0 Å². The minimum absolute atomic E-state index is 0.123. The lowest BCUT2D eigenvalue weighted by Crippen LogP contribution is -2.44. The fourth-order valence-electron chi connectivity index (χ4n) is 2.43. The molecule has 0 amide bonds. The molecule has 0 atom stereocenters. The summed E-state index contributed by atoms with van der Waals surface area (Å²) in [6.07, 6.45) is 0.545. The van der Waals surface area contributed by atoms with Crippen molar-refractivity contribution in [2.75, 3.05) is 0 Å². The highest BCUT2D eigenvalue weighted by Gasteiger charge is 2.49. The van der Waals surface area contributed by atoms with Crippen molar-refractivity contribution in [3.8, 4) is 0 Å². The molecule has 1 aliphatic rings. The first-order valence-corrected chi connectivity index (χ1v) is 6.81. The summed E-state index contributed by atoms with van der Waals surface area (Å²) in [6.45, 7) is 1.37. The zero-order valence-corrected chi connectivity index (χ0v) is 11.3. The average molecular weight is 270 g/mol. The van der Waals surface area contributed by atoms with Gasteiger partial charge in [0.1, 0.15) is 13.6 Å². The normalized spacial score (nSPS) is 17.2. The third-order valence-electron chi connectivity index (χ3n) is 3.30. The Kier molecular flexibility index (Phi) is 2.75. The number of rotatable bonds is 2. The topological polar surface area (TPSA) is 43.4 Å². The van der Waals surface area contributed by atoms with Crippen LogP contribution in [0.25, 0.3) is 10.1 Å². The number of Topliss-reactive ketones (excluding diaryl/α,β-unsaturated/α-hetero) is 1. The first-order chi connectivity index (χ1) is 8.98. The van der Waals surface area contributed by atoms with Crippen molar-refractivity contribution in [3.63, 3.8) is 0 Å². The molecule has 19 heavy (non-hydrogen) atoms. The number of ether oxygens (including phenoxy) is 1. The maximum Gasteiger partial charge on any atom is 0.303 e. The maximum absolute atomic E-state index is 11.3. The van der Waals surface area contributed by atoms with Gasteiger partial charge < -0.3 is 4.74 Å². The van der Waals surface area contributed by atoms with Crippen LogP contribution in [0.2, 0.25) is 0 Å². The predicted octanol–water partition coefficient (Wildman–Crippen LogP) is 1.82. The van der Waals surface area contributed by atoms with Gasteiger partial charge in [-0.2, -0.15) is 0 Å². The number of carbonyl (C=O) groups is 2. The smallest absolute Gasteiger partial charge is 0.303 e. The largest absolute Gasteiger partial charge is 0.453 e. The summed E-state index contributed by atoms with van der Waals surface area (Å²) in [5.74, 6) is -0.234. The van der Waals surface area contributed by atoms with E-state index in [0.29, 0.717) is 5.46 Å². The number of hydrogen-bond donors (Lipinski definition) is 0. The standard InChI is InChI=1S/C14H11BO3S/c1-8(16)18-14(6-11(17)7-14)13-4-9-2-3-10(15)5-12(9)19-13/h2-5H,6-7H2,1H3. The van der Waals surface area contributed by atoms with Crippen LogP contribution < -0.4 is 5.46 Å². The van der Waals surface area contributed by atoms with Gasteiger partial charge in [-0.15, -0.1) is 11.3 Å². The molecular weight excluding hydrogens is 259 g/mol. The van der Waals surface area contributed by atoms with Crippen molar-refractivity contribution >= 4 is 46.5 Å². The molecule has 0 N–H and O–H groups in total. The van der Waals surface area contributed by atoms with Crippen molar-refractivity contribution in [2.24, 2.45) is 0 Å². The monoisotopic (exact) mass is 270 g/mol. The van der Waals surface area contributed by atoms with Gasteiger partial charge >= 0.3 is 5.97 Å². The van der Waals surface area contributed by atoms with E-state index in [-0.39, 0.29) is 24.6 Å². The molecule has 1 heterocycles. The highest BCUT2D eigenvalue weighted by molar-refractivity contribution is 7.19. The molecule has 1 aliphatic carbocycles. The van der Waals surface area contributed by atoms with Crippen LogP contribution >= 0.6 is 11.3 Å². The molecule has 1 saturated carbocycles. The van der Waals surface area contributed by atoms with Crippen molar-refractivity contribution < 1.29 is 14.3 Å². The third kappa shape index (κ3) is 2.08. The van der Waals surface area contributed by atoms with Gasteiger partial charge in [-0.25, -0.2) is 0 Å². The van der Waals surface area contributed by atoms with Crippen LogP contribution in [-0.2, 0) is 19.9 Å². The highest BCUT2D eigenvalue weighted by atomic mass is 32.1. The summed E-state index contributed by atoms with van der Waals surface area (Å²) in [5, 5.41) is 1.06. The molecule has 1 fully saturated rings. The quantitative estimate of drug-likeness (QED) is 0.617. The maximum atomic E-state index is 11.3. The number of ketones is 1. The fourth-order valence-corrected chi connectivity index (χ4v) is 3.66. The molecule has 0 aliphatic heterocycles. The van der Waals surface area contributed by atoms with Crippen LogP contribution in [0.4, 0.5) is 0 Å². The molecule has 2 aromatic rings. The van der Waals surface area contributed by atoms with Crippen LogP contribution in [0.1, 0.15) is 24.6 Å². The first kappa shape index (κ1) is 12.4. The molecule has 5 heteroatoms. The summed E-state index contributed by atoms with van der Waals surface area (Å²) in [6, 6.07) is 7.65. The molecule has 3 rings (SSSR count). The number of esters is 1. The van der Waals surface area contributed by atoms with E-state index in [4.69, 9.17) is 12.6 Å². The third-order valence-corrected chi connectivity index (χ3v) is 4.58. The summed E-state index contributed by atoms with van der Waals surface area (Å²) in [7, 11) is 5.76. The van der Waals surface area contributed by atoms with Crippen molar-refractivity contribution in [3.05, 3.63) is 29.1 Å².